The molecule has 2 heterocycles. The zero-order valence-electron chi connectivity index (χ0n) is 21.3. The van der Waals surface area contributed by atoms with Gasteiger partial charge in [0.1, 0.15) is 17.1 Å². The van der Waals surface area contributed by atoms with Crippen LogP contribution in [-0.2, 0) is 28.4 Å². The lowest BCUT2D eigenvalue weighted by molar-refractivity contribution is 0.0527. The molecule has 0 aliphatic carbocycles. The van der Waals surface area contributed by atoms with E-state index in [-0.39, 0.29) is 29.3 Å². The first-order valence-electron chi connectivity index (χ1n) is 12.2. The average molecular weight is 545 g/mol. The molecule has 0 bridgehead atoms. The van der Waals surface area contributed by atoms with Crippen LogP contribution in [0.2, 0.25) is 0 Å². The van der Waals surface area contributed by atoms with Crippen LogP contribution in [0, 0.1) is 5.82 Å². The quantitative estimate of drug-likeness (QED) is 0.245. The van der Waals surface area contributed by atoms with Crippen LogP contribution in [0.25, 0.3) is 22.3 Å². The first-order chi connectivity index (χ1) is 18.8. The van der Waals surface area contributed by atoms with Crippen LogP contribution >= 0.6 is 0 Å². The Morgan fingerprint density at radius 2 is 1.62 bits per heavy atom. The number of anilines is 1. The van der Waals surface area contributed by atoms with Crippen molar-refractivity contribution in [2.24, 2.45) is 7.05 Å². The molecule has 2 aromatic heterocycles. The molecular weight excluding hydrogens is 519 g/mol. The van der Waals surface area contributed by atoms with Crippen LogP contribution in [0.4, 0.5) is 10.1 Å². The lowest BCUT2D eigenvalue weighted by Crippen LogP contribution is -2.32. The number of carbonyl (C=O) groups excluding carboxylic acids is 1. The fourth-order valence-corrected chi connectivity index (χ4v) is 5.87. The number of ether oxygens (including phenoxy) is 1. The van der Waals surface area contributed by atoms with E-state index in [1.165, 1.54) is 18.3 Å². The van der Waals surface area contributed by atoms with Crippen LogP contribution in [-0.4, -0.2) is 35.8 Å². The molecule has 0 N–H and O–H groups in total. The maximum absolute atomic E-state index is 14.3. The fourth-order valence-electron chi connectivity index (χ4n) is 4.39. The van der Waals surface area contributed by atoms with Crippen molar-refractivity contribution in [2.75, 3.05) is 10.9 Å². The summed E-state index contributed by atoms with van der Waals surface area (Å²) in [7, 11) is -2.63. The molecule has 10 heteroatoms. The van der Waals surface area contributed by atoms with Gasteiger partial charge in [0.25, 0.3) is 10.0 Å². The molecule has 0 atom stereocenters. The van der Waals surface area contributed by atoms with Crippen molar-refractivity contribution >= 4 is 32.7 Å². The zero-order chi connectivity index (χ0) is 27.6. The lowest BCUT2D eigenvalue weighted by Gasteiger charge is -2.27. The number of sulfonamides is 1. The number of nitrogens with zero attached hydrogens (tertiary/aromatic N) is 4. The van der Waals surface area contributed by atoms with Crippen LogP contribution < -0.4 is 4.31 Å². The Kier molecular flexibility index (Phi) is 7.12. The third kappa shape index (κ3) is 4.98. The molecule has 5 rings (SSSR count). The van der Waals surface area contributed by atoms with E-state index in [1.54, 1.807) is 42.9 Å². The summed E-state index contributed by atoms with van der Waals surface area (Å²) in [5.41, 5.74) is 2.27. The van der Waals surface area contributed by atoms with Crippen LogP contribution in [0.15, 0.2) is 96.0 Å². The molecule has 0 aliphatic heterocycles. The van der Waals surface area contributed by atoms with Gasteiger partial charge in [-0.15, -0.1) is 0 Å². The minimum atomic E-state index is -4.33. The van der Waals surface area contributed by atoms with E-state index >= 15 is 0 Å². The minimum absolute atomic E-state index is 0.0313. The Labute approximate surface area is 225 Å². The molecule has 0 saturated heterocycles. The van der Waals surface area contributed by atoms with E-state index in [0.717, 1.165) is 16.4 Å². The zero-order valence-corrected chi connectivity index (χ0v) is 22.1. The maximum atomic E-state index is 14.3. The van der Waals surface area contributed by atoms with Crippen LogP contribution in [0.3, 0.4) is 0 Å². The van der Waals surface area contributed by atoms with Crippen LogP contribution in [0.1, 0.15) is 22.8 Å². The molecule has 5 aromatic rings. The molecule has 198 valence electrons. The highest BCUT2D eigenvalue weighted by Gasteiger charge is 2.34. The molecule has 0 spiro atoms. The number of benzene rings is 3. The second-order valence-electron chi connectivity index (χ2n) is 8.73. The first kappa shape index (κ1) is 26.1. The summed E-state index contributed by atoms with van der Waals surface area (Å²) in [5, 5.41) is 5.03. The molecule has 0 fully saturated rings. The van der Waals surface area contributed by atoms with Crippen molar-refractivity contribution in [1.29, 1.82) is 0 Å². The number of aryl methyl sites for hydroxylation is 1. The van der Waals surface area contributed by atoms with Crippen molar-refractivity contribution in [3.8, 4) is 11.3 Å². The third-order valence-electron chi connectivity index (χ3n) is 6.19. The summed E-state index contributed by atoms with van der Waals surface area (Å²) in [4.78, 5) is 17.6. The molecule has 0 saturated carbocycles. The van der Waals surface area contributed by atoms with Crippen molar-refractivity contribution in [1.82, 2.24) is 14.8 Å². The third-order valence-corrected chi connectivity index (χ3v) is 7.95. The van der Waals surface area contributed by atoms with Gasteiger partial charge in [-0.25, -0.2) is 27.3 Å². The van der Waals surface area contributed by atoms with E-state index in [4.69, 9.17) is 4.74 Å². The Bertz CT molecular complexity index is 1740. The van der Waals surface area contributed by atoms with Gasteiger partial charge in [-0.05, 0) is 36.8 Å². The van der Waals surface area contributed by atoms with E-state index in [0.29, 0.717) is 27.9 Å². The van der Waals surface area contributed by atoms with Gasteiger partial charge in [0.05, 0.1) is 29.1 Å². The van der Waals surface area contributed by atoms with Crippen molar-refractivity contribution in [3.63, 3.8) is 0 Å². The predicted molar refractivity (Wildman–Crippen MR) is 146 cm³/mol. The van der Waals surface area contributed by atoms with Gasteiger partial charge < -0.3 is 4.74 Å². The average Bonchev–Trinajstić information content (AvgIpc) is 3.29. The predicted octanol–water partition coefficient (Wildman–Crippen LogP) is 5.35. The summed E-state index contributed by atoms with van der Waals surface area (Å²) >= 11 is 0. The summed E-state index contributed by atoms with van der Waals surface area (Å²) < 4.78 is 50.4. The summed E-state index contributed by atoms with van der Waals surface area (Å²) in [6.07, 6.45) is 1.31. The van der Waals surface area contributed by atoms with Crippen molar-refractivity contribution < 1.29 is 22.3 Å². The summed E-state index contributed by atoms with van der Waals surface area (Å²) in [6, 6.07) is 22.8. The van der Waals surface area contributed by atoms with E-state index in [2.05, 4.69) is 10.1 Å². The Hall–Kier alpha value is -4.57. The van der Waals surface area contributed by atoms with Crippen molar-refractivity contribution in [3.05, 3.63) is 108 Å². The monoisotopic (exact) mass is 544 g/mol. The van der Waals surface area contributed by atoms with Crippen molar-refractivity contribution in [2.45, 2.75) is 18.4 Å². The van der Waals surface area contributed by atoms with E-state index < -0.39 is 21.8 Å². The number of hydrogen-bond donors (Lipinski definition) is 0. The smallest absolute Gasteiger partial charge is 0.341 e. The van der Waals surface area contributed by atoms with Gasteiger partial charge in [0.2, 0.25) is 0 Å². The number of esters is 1. The number of hydrogen-bond acceptors (Lipinski definition) is 6. The van der Waals surface area contributed by atoms with E-state index in [9.17, 15) is 17.6 Å². The number of pyridine rings is 1. The Balaban J connectivity index is 1.87. The topological polar surface area (TPSA) is 94.4 Å². The number of fused-ring (bicyclic) bond motifs is 1. The first-order valence-corrected chi connectivity index (χ1v) is 13.7. The van der Waals surface area contributed by atoms with Gasteiger partial charge in [0.15, 0.2) is 5.65 Å². The second-order valence-corrected chi connectivity index (χ2v) is 10.6. The van der Waals surface area contributed by atoms with Gasteiger partial charge >= 0.3 is 5.97 Å². The Morgan fingerprint density at radius 3 is 2.26 bits per heavy atom. The minimum Gasteiger partial charge on any atom is -0.462 e. The number of halogens is 1. The molecule has 8 nitrogen and oxygen atoms in total. The molecule has 0 unspecified atom stereocenters. The van der Waals surface area contributed by atoms with Crippen LogP contribution in [0.5, 0.6) is 0 Å². The molecule has 39 heavy (non-hydrogen) atoms. The van der Waals surface area contributed by atoms with E-state index in [1.807, 2.05) is 36.4 Å². The lowest BCUT2D eigenvalue weighted by atomic mass is 10.1. The molecular formula is C29H25FN4O4S. The number of rotatable bonds is 8. The molecule has 3 aromatic carbocycles. The number of carbonyl (C=O) groups is 1. The maximum Gasteiger partial charge on any atom is 0.341 e. The number of aromatic nitrogens is 3. The summed E-state index contributed by atoms with van der Waals surface area (Å²) in [5.74, 6) is -1.29. The highest BCUT2D eigenvalue weighted by atomic mass is 32.2. The summed E-state index contributed by atoms with van der Waals surface area (Å²) in [6.45, 7) is 1.63. The van der Waals surface area contributed by atoms with Gasteiger partial charge in [-0.1, -0.05) is 60.7 Å². The highest BCUT2D eigenvalue weighted by molar-refractivity contribution is 7.92. The highest BCUT2D eigenvalue weighted by Crippen LogP contribution is 2.40. The molecule has 0 radical (unpaired) electrons. The normalized spacial score (nSPS) is 11.5. The standard InChI is InChI=1S/C29H25FN4O4S/c1-3-38-29(35)24-18-31-28-25(26(32-33(28)2)21-12-8-5-9-13-21)27(24)34(19-20-10-6-4-7-11-20)39(36,37)23-16-14-22(30)15-17-23/h4-18H,3,19H2,1-2H3. The SMILES string of the molecule is CCOC(=O)c1cnc2c(c(-c3ccccc3)nn2C)c1N(Cc1ccccc1)S(=O)(=O)c1ccc(F)cc1. The fraction of sp³-hybridized carbons (Fsp3) is 0.138. The largest absolute Gasteiger partial charge is 0.462 e. The second kappa shape index (κ2) is 10.7. The molecule has 0 amide bonds. The van der Waals surface area contributed by atoms with Gasteiger partial charge in [0, 0.05) is 18.8 Å². The van der Waals surface area contributed by atoms with Gasteiger partial charge in [-0.3, -0.25) is 4.31 Å². The Morgan fingerprint density at radius 1 is 0.974 bits per heavy atom. The molecule has 0 aliphatic rings. The van der Waals surface area contributed by atoms with Gasteiger partial charge in [-0.2, -0.15) is 5.10 Å².